The van der Waals surface area contributed by atoms with Crippen molar-refractivity contribution in [3.8, 4) is 0 Å². The molecule has 8 heteroatoms. The molecule has 0 aliphatic carbocycles. The van der Waals surface area contributed by atoms with Crippen LogP contribution in [0, 0.1) is 5.82 Å². The van der Waals surface area contributed by atoms with Gasteiger partial charge >= 0.3 is 6.09 Å². The van der Waals surface area contributed by atoms with Crippen LogP contribution >= 0.6 is 11.6 Å². The molecule has 0 saturated carbocycles. The summed E-state index contributed by atoms with van der Waals surface area (Å²) < 4.78 is 18.9. The predicted molar refractivity (Wildman–Crippen MR) is 72.1 cm³/mol. The topological polar surface area (TPSA) is 84.3 Å². The average molecular weight is 306 g/mol. The van der Waals surface area contributed by atoms with E-state index in [0.29, 0.717) is 6.42 Å². The zero-order valence-electron chi connectivity index (χ0n) is 11.5. The largest absolute Gasteiger partial charge is 0.449 e. The fourth-order valence-corrected chi connectivity index (χ4v) is 1.52. The van der Waals surface area contributed by atoms with Gasteiger partial charge in [-0.3, -0.25) is 5.32 Å². The van der Waals surface area contributed by atoms with Gasteiger partial charge in [-0.05, 0) is 31.9 Å². The van der Waals surface area contributed by atoms with Gasteiger partial charge in [0, 0.05) is 0 Å². The lowest BCUT2D eigenvalue weighted by molar-refractivity contribution is 0.0693. The maximum Gasteiger partial charge on any atom is 0.412 e. The highest BCUT2D eigenvalue weighted by atomic mass is 35.5. The van der Waals surface area contributed by atoms with Gasteiger partial charge in [0.05, 0.1) is 6.61 Å². The molecule has 1 aromatic rings. The molecule has 1 aromatic heterocycles. The maximum absolute atomic E-state index is 14.1. The molecule has 6 nitrogen and oxygen atoms in total. The van der Waals surface area contributed by atoms with Crippen LogP contribution in [0.3, 0.4) is 0 Å². The number of ether oxygens (including phenoxy) is 1. The summed E-state index contributed by atoms with van der Waals surface area (Å²) >= 11 is 5.65. The number of nitrogens with zero attached hydrogens (tertiary/aromatic N) is 2. The average Bonchev–Trinajstić information content (AvgIpc) is 2.32. The third kappa shape index (κ3) is 4.57. The molecule has 0 aromatic carbocycles. The van der Waals surface area contributed by atoms with E-state index in [1.165, 1.54) is 13.8 Å². The number of aliphatic hydroxyl groups is 1. The molecule has 0 atom stereocenters. The summed E-state index contributed by atoms with van der Waals surface area (Å²) in [6.07, 6.45) is 0.730. The van der Waals surface area contributed by atoms with E-state index >= 15 is 0 Å². The summed E-state index contributed by atoms with van der Waals surface area (Å²) in [5.41, 5.74) is -1.86. The normalized spacial score (nSPS) is 11.3. The lowest BCUT2D eigenvalue weighted by Gasteiger charge is -2.18. The van der Waals surface area contributed by atoms with Crippen molar-refractivity contribution in [3.05, 3.63) is 16.8 Å². The summed E-state index contributed by atoms with van der Waals surface area (Å²) in [6, 6.07) is 0. The van der Waals surface area contributed by atoms with E-state index in [4.69, 9.17) is 16.3 Å². The van der Waals surface area contributed by atoms with Crippen LogP contribution in [-0.4, -0.2) is 27.8 Å². The van der Waals surface area contributed by atoms with Crippen LogP contribution < -0.4 is 5.32 Å². The molecule has 1 heterocycles. The van der Waals surface area contributed by atoms with Crippen molar-refractivity contribution in [1.29, 1.82) is 0 Å². The molecule has 0 aliphatic rings. The number of nitrogens with one attached hydrogen (secondary N) is 1. The van der Waals surface area contributed by atoms with Crippen molar-refractivity contribution in [2.75, 3.05) is 11.9 Å². The third-order valence-electron chi connectivity index (χ3n) is 2.35. The fraction of sp³-hybridized carbons (Fsp3) is 0.583. The molecule has 0 radical (unpaired) electrons. The number of hydrogen-bond acceptors (Lipinski definition) is 5. The van der Waals surface area contributed by atoms with Crippen LogP contribution in [0.2, 0.25) is 5.28 Å². The summed E-state index contributed by atoms with van der Waals surface area (Å²) in [5.74, 6) is -1.38. The smallest absolute Gasteiger partial charge is 0.412 e. The molecule has 1 amide bonds. The number of anilines is 1. The molecule has 20 heavy (non-hydrogen) atoms. The number of rotatable bonds is 5. The number of halogens is 2. The monoisotopic (exact) mass is 305 g/mol. The maximum atomic E-state index is 14.1. The number of carbonyl (C=O) groups excluding carboxylic acids is 1. The highest BCUT2D eigenvalue weighted by molar-refractivity contribution is 6.28. The van der Waals surface area contributed by atoms with Gasteiger partial charge in [-0.2, -0.15) is 4.98 Å². The minimum absolute atomic E-state index is 0.223. The van der Waals surface area contributed by atoms with E-state index in [1.807, 2.05) is 6.92 Å². The Hall–Kier alpha value is -1.47. The fourth-order valence-electron chi connectivity index (χ4n) is 1.35. The Bertz CT molecular complexity index is 492. The summed E-state index contributed by atoms with van der Waals surface area (Å²) in [6.45, 7) is 4.86. The predicted octanol–water partition coefficient (Wildman–Crippen LogP) is 2.85. The SMILES string of the molecule is CCCCOC(=O)Nc1nc(Cl)nc(C(C)(C)O)c1F. The molecular formula is C12H17ClFN3O3. The Balaban J connectivity index is 2.90. The lowest BCUT2D eigenvalue weighted by Crippen LogP contribution is -2.23. The number of aromatic nitrogens is 2. The Morgan fingerprint density at radius 2 is 2.15 bits per heavy atom. The second kappa shape index (κ2) is 6.81. The summed E-state index contributed by atoms with van der Waals surface area (Å²) in [4.78, 5) is 18.6. The van der Waals surface area contributed by atoms with Gasteiger partial charge in [0.2, 0.25) is 5.28 Å². The first-order valence-electron chi connectivity index (χ1n) is 6.15. The van der Waals surface area contributed by atoms with Gasteiger partial charge < -0.3 is 9.84 Å². The first-order chi connectivity index (χ1) is 9.25. The van der Waals surface area contributed by atoms with Crippen LogP contribution in [0.1, 0.15) is 39.3 Å². The van der Waals surface area contributed by atoms with Crippen LogP contribution in [-0.2, 0) is 10.3 Å². The molecule has 0 aliphatic heterocycles. The van der Waals surface area contributed by atoms with Crippen LogP contribution in [0.25, 0.3) is 0 Å². The van der Waals surface area contributed by atoms with Crippen LogP contribution in [0.15, 0.2) is 0 Å². The molecular weight excluding hydrogens is 289 g/mol. The zero-order valence-corrected chi connectivity index (χ0v) is 12.3. The van der Waals surface area contributed by atoms with E-state index in [-0.39, 0.29) is 17.6 Å². The van der Waals surface area contributed by atoms with Gasteiger partial charge in [0.1, 0.15) is 11.3 Å². The van der Waals surface area contributed by atoms with Crippen molar-refractivity contribution in [1.82, 2.24) is 9.97 Å². The van der Waals surface area contributed by atoms with E-state index in [2.05, 4.69) is 15.3 Å². The van der Waals surface area contributed by atoms with E-state index in [9.17, 15) is 14.3 Å². The molecule has 112 valence electrons. The Morgan fingerprint density at radius 3 is 2.70 bits per heavy atom. The first-order valence-corrected chi connectivity index (χ1v) is 6.53. The van der Waals surface area contributed by atoms with Gasteiger partial charge in [-0.15, -0.1) is 0 Å². The summed E-state index contributed by atoms with van der Waals surface area (Å²) in [5, 5.41) is 11.6. The quantitative estimate of drug-likeness (QED) is 0.645. The number of unbranched alkanes of at least 4 members (excludes halogenated alkanes) is 1. The minimum Gasteiger partial charge on any atom is -0.449 e. The molecule has 0 fully saturated rings. The van der Waals surface area contributed by atoms with Crippen molar-refractivity contribution < 1.29 is 19.0 Å². The minimum atomic E-state index is -1.56. The van der Waals surface area contributed by atoms with Crippen LogP contribution in [0.4, 0.5) is 15.0 Å². The van der Waals surface area contributed by atoms with Crippen molar-refractivity contribution in [3.63, 3.8) is 0 Å². The first kappa shape index (κ1) is 16.6. The van der Waals surface area contributed by atoms with Gasteiger partial charge in [-0.1, -0.05) is 13.3 Å². The van der Waals surface area contributed by atoms with Crippen molar-refractivity contribution in [2.45, 2.75) is 39.2 Å². The standard InChI is InChI=1S/C12H17ClFN3O3/c1-4-5-6-20-11(18)17-9-7(14)8(12(2,3)19)15-10(13)16-9/h19H,4-6H2,1-3H3,(H,15,16,17,18). The summed E-state index contributed by atoms with van der Waals surface area (Å²) in [7, 11) is 0. The number of carbonyl (C=O) groups is 1. The molecule has 1 rings (SSSR count). The van der Waals surface area contributed by atoms with E-state index < -0.39 is 23.3 Å². The lowest BCUT2D eigenvalue weighted by atomic mass is 10.0. The van der Waals surface area contributed by atoms with Gasteiger partial charge in [0.15, 0.2) is 11.6 Å². The zero-order chi connectivity index (χ0) is 15.3. The molecule has 0 saturated heterocycles. The molecule has 0 unspecified atom stereocenters. The Labute approximate surface area is 121 Å². The number of amides is 1. The van der Waals surface area contributed by atoms with Crippen molar-refractivity contribution in [2.24, 2.45) is 0 Å². The third-order valence-corrected chi connectivity index (χ3v) is 2.52. The molecule has 0 bridgehead atoms. The van der Waals surface area contributed by atoms with Crippen LogP contribution in [0.5, 0.6) is 0 Å². The second-order valence-corrected chi connectivity index (χ2v) is 5.02. The second-order valence-electron chi connectivity index (χ2n) is 4.68. The molecule has 2 N–H and O–H groups in total. The highest BCUT2D eigenvalue weighted by Gasteiger charge is 2.27. The number of hydrogen-bond donors (Lipinski definition) is 2. The van der Waals surface area contributed by atoms with Gasteiger partial charge in [-0.25, -0.2) is 14.2 Å². The Kier molecular flexibility index (Phi) is 5.64. The Morgan fingerprint density at radius 1 is 1.50 bits per heavy atom. The molecule has 0 spiro atoms. The highest BCUT2D eigenvalue weighted by Crippen LogP contribution is 2.26. The van der Waals surface area contributed by atoms with E-state index in [0.717, 1.165) is 6.42 Å². The van der Waals surface area contributed by atoms with Gasteiger partial charge in [0.25, 0.3) is 0 Å². The van der Waals surface area contributed by atoms with Crippen molar-refractivity contribution >= 4 is 23.5 Å². The van der Waals surface area contributed by atoms with E-state index in [1.54, 1.807) is 0 Å².